The molecule has 1 fully saturated rings. The van der Waals surface area contributed by atoms with Gasteiger partial charge in [0, 0.05) is 18.8 Å². The highest BCUT2D eigenvalue weighted by Gasteiger charge is 2.30. The third-order valence-electron chi connectivity index (χ3n) is 3.45. The van der Waals surface area contributed by atoms with Gasteiger partial charge in [0.1, 0.15) is 0 Å². The Kier molecular flexibility index (Phi) is 3.37. The quantitative estimate of drug-likeness (QED) is 0.803. The molecule has 0 bridgehead atoms. The largest absolute Gasteiger partial charge is 0.395 e. The second-order valence-electron chi connectivity index (χ2n) is 4.94. The monoisotopic (exact) mass is 276 g/mol. The number of hydrogen-bond acceptors (Lipinski definition) is 5. The molecule has 20 heavy (non-hydrogen) atoms. The summed E-state index contributed by atoms with van der Waals surface area (Å²) < 4.78 is 2.24. The Hall–Kier alpha value is -1.99. The smallest absolute Gasteiger partial charge is 0.357 e. The topological polar surface area (TPSA) is 79.8 Å². The number of aromatic nitrogens is 3. The maximum Gasteiger partial charge on any atom is 0.357 e. The Morgan fingerprint density at radius 1 is 1.45 bits per heavy atom. The van der Waals surface area contributed by atoms with Crippen LogP contribution in [-0.2, 0) is 0 Å². The molecule has 2 aromatic heterocycles. The molecule has 1 N–H and O–H groups in total. The fourth-order valence-electron chi connectivity index (χ4n) is 2.29. The Morgan fingerprint density at radius 3 is 2.90 bits per heavy atom. The molecule has 0 aromatic carbocycles. The number of aliphatic hydroxyl groups excluding tert-OH is 1. The van der Waals surface area contributed by atoms with Crippen molar-refractivity contribution in [3.63, 3.8) is 0 Å². The number of fused-ring (bicyclic) bond motifs is 1. The van der Waals surface area contributed by atoms with Gasteiger partial charge in [0.05, 0.1) is 13.2 Å². The van der Waals surface area contributed by atoms with Crippen molar-refractivity contribution in [1.29, 1.82) is 0 Å². The van der Waals surface area contributed by atoms with Crippen molar-refractivity contribution in [2.45, 2.75) is 18.9 Å². The van der Waals surface area contributed by atoms with Crippen LogP contribution in [0, 0.1) is 0 Å². The van der Waals surface area contributed by atoms with Crippen molar-refractivity contribution < 1.29 is 9.90 Å². The van der Waals surface area contributed by atoms with Crippen LogP contribution in [0.3, 0.4) is 0 Å². The van der Waals surface area contributed by atoms with Crippen molar-refractivity contribution in [3.8, 4) is 0 Å². The van der Waals surface area contributed by atoms with Crippen LogP contribution in [0.4, 0.5) is 0 Å². The minimum atomic E-state index is -0.453. The van der Waals surface area contributed by atoms with Crippen LogP contribution in [0.25, 0.3) is 5.65 Å². The fraction of sp³-hybridized carbons (Fsp3) is 0.462. The second-order valence-corrected chi connectivity index (χ2v) is 4.94. The molecule has 1 saturated carbocycles. The average Bonchev–Trinajstić information content (AvgIpc) is 3.24. The lowest BCUT2D eigenvalue weighted by atomic mass is 10.4. The van der Waals surface area contributed by atoms with Crippen LogP contribution < -0.4 is 5.69 Å². The first-order chi connectivity index (χ1) is 9.70. The van der Waals surface area contributed by atoms with E-state index in [2.05, 4.69) is 5.10 Å². The second kappa shape index (κ2) is 5.18. The van der Waals surface area contributed by atoms with E-state index in [1.807, 2.05) is 4.90 Å². The summed E-state index contributed by atoms with van der Waals surface area (Å²) in [6.45, 7) is 0.553. The summed E-state index contributed by atoms with van der Waals surface area (Å²) >= 11 is 0. The van der Waals surface area contributed by atoms with Gasteiger partial charge in [-0.05, 0) is 25.0 Å². The highest BCUT2D eigenvalue weighted by Crippen LogP contribution is 2.26. The molecule has 106 valence electrons. The molecule has 0 radical (unpaired) electrons. The van der Waals surface area contributed by atoms with Crippen LogP contribution in [-0.4, -0.2) is 55.8 Å². The van der Waals surface area contributed by atoms with E-state index in [9.17, 15) is 9.59 Å². The van der Waals surface area contributed by atoms with Crippen LogP contribution in [0.15, 0.2) is 29.2 Å². The van der Waals surface area contributed by atoms with Crippen molar-refractivity contribution in [2.24, 2.45) is 0 Å². The Bertz CT molecular complexity index is 686. The molecule has 1 aliphatic carbocycles. The van der Waals surface area contributed by atoms with Gasteiger partial charge < -0.3 is 5.11 Å². The summed E-state index contributed by atoms with van der Waals surface area (Å²) in [6.07, 6.45) is 3.65. The van der Waals surface area contributed by atoms with E-state index in [0.717, 1.165) is 17.5 Å². The van der Waals surface area contributed by atoms with E-state index in [1.165, 1.54) is 4.40 Å². The van der Waals surface area contributed by atoms with Gasteiger partial charge >= 0.3 is 5.69 Å². The predicted octanol–water partition coefficient (Wildman–Crippen LogP) is -0.407. The van der Waals surface area contributed by atoms with Crippen molar-refractivity contribution >= 4 is 11.6 Å². The number of rotatable bonds is 5. The lowest BCUT2D eigenvalue weighted by Gasteiger charge is -2.18. The van der Waals surface area contributed by atoms with Gasteiger partial charge in [0.15, 0.2) is 5.65 Å². The summed E-state index contributed by atoms with van der Waals surface area (Å²) in [5.41, 5.74) is -0.00340. The minimum absolute atomic E-state index is 0.00381. The van der Waals surface area contributed by atoms with E-state index in [4.69, 9.17) is 5.11 Å². The molecule has 0 aliphatic heterocycles. The lowest BCUT2D eigenvalue weighted by molar-refractivity contribution is 0.0804. The lowest BCUT2D eigenvalue weighted by Crippen LogP contribution is -2.39. The van der Waals surface area contributed by atoms with Crippen LogP contribution in [0.5, 0.6) is 0 Å². The standard InChI is InChI=1S/C13H16N4O3/c18-8-7-15(10-4-5-10)9-12(19)17-13(20)16-6-2-1-3-11(16)14-17/h1-3,6,10,18H,4-5,7-9H2. The molecule has 0 unspecified atom stereocenters. The van der Waals surface area contributed by atoms with Crippen molar-refractivity contribution in [1.82, 2.24) is 19.1 Å². The average molecular weight is 276 g/mol. The summed E-state index contributed by atoms with van der Waals surface area (Å²) in [7, 11) is 0. The third kappa shape index (κ3) is 2.37. The van der Waals surface area contributed by atoms with Gasteiger partial charge in [-0.1, -0.05) is 6.07 Å². The summed E-state index contributed by atoms with van der Waals surface area (Å²) in [5, 5.41) is 13.1. The normalized spacial score (nSPS) is 15.1. The van der Waals surface area contributed by atoms with Gasteiger partial charge in [-0.2, -0.15) is 0 Å². The molecule has 7 nitrogen and oxygen atoms in total. The number of nitrogens with zero attached hydrogens (tertiary/aromatic N) is 4. The van der Waals surface area contributed by atoms with E-state index in [1.54, 1.807) is 24.4 Å². The molecule has 0 spiro atoms. The molecule has 7 heteroatoms. The van der Waals surface area contributed by atoms with Gasteiger partial charge in [-0.25, -0.2) is 9.20 Å². The van der Waals surface area contributed by atoms with Crippen molar-refractivity contribution in [3.05, 3.63) is 34.9 Å². The van der Waals surface area contributed by atoms with E-state index >= 15 is 0 Å². The Balaban J connectivity index is 1.84. The van der Waals surface area contributed by atoms with Gasteiger partial charge in [-0.15, -0.1) is 9.78 Å². The van der Waals surface area contributed by atoms with Crippen molar-refractivity contribution in [2.75, 3.05) is 19.7 Å². The third-order valence-corrected chi connectivity index (χ3v) is 3.45. The summed E-state index contributed by atoms with van der Waals surface area (Å²) in [4.78, 5) is 26.2. The van der Waals surface area contributed by atoms with E-state index in [0.29, 0.717) is 18.2 Å². The first kappa shape index (κ1) is 13.0. The zero-order valence-electron chi connectivity index (χ0n) is 11.0. The van der Waals surface area contributed by atoms with Gasteiger partial charge in [-0.3, -0.25) is 9.69 Å². The number of carbonyl (C=O) groups excluding carboxylic acids is 1. The molecule has 2 heterocycles. The number of carbonyl (C=O) groups is 1. The van der Waals surface area contributed by atoms with E-state index in [-0.39, 0.29) is 19.1 Å². The molecule has 2 aromatic rings. The highest BCUT2D eigenvalue weighted by molar-refractivity contribution is 5.80. The molecule has 0 amide bonds. The first-order valence-electron chi connectivity index (χ1n) is 6.65. The van der Waals surface area contributed by atoms with Crippen LogP contribution in [0.1, 0.15) is 17.6 Å². The Labute approximate surface area is 115 Å². The van der Waals surface area contributed by atoms with Gasteiger partial charge in [0.25, 0.3) is 5.91 Å². The first-order valence-corrected chi connectivity index (χ1v) is 6.65. The molecule has 3 rings (SSSR count). The maximum atomic E-state index is 12.2. The SMILES string of the molecule is O=C(CN(CCO)C1CC1)n1nc2ccccn2c1=O. The summed E-state index contributed by atoms with van der Waals surface area (Å²) in [6, 6.07) is 5.50. The van der Waals surface area contributed by atoms with Crippen LogP contribution >= 0.6 is 0 Å². The molecule has 0 atom stereocenters. The number of pyridine rings is 1. The molecular weight excluding hydrogens is 260 g/mol. The predicted molar refractivity (Wildman–Crippen MR) is 71.8 cm³/mol. The van der Waals surface area contributed by atoms with E-state index < -0.39 is 5.69 Å². The molecular formula is C13H16N4O3. The highest BCUT2D eigenvalue weighted by atomic mass is 16.3. The molecule has 1 aliphatic rings. The maximum absolute atomic E-state index is 12.2. The zero-order chi connectivity index (χ0) is 14.1. The fourth-order valence-corrected chi connectivity index (χ4v) is 2.29. The zero-order valence-corrected chi connectivity index (χ0v) is 11.0. The Morgan fingerprint density at radius 2 is 2.25 bits per heavy atom. The van der Waals surface area contributed by atoms with Gasteiger partial charge in [0.2, 0.25) is 0 Å². The molecule has 0 saturated heterocycles. The number of aliphatic hydroxyl groups is 1. The number of hydrogen-bond donors (Lipinski definition) is 1. The minimum Gasteiger partial charge on any atom is -0.395 e. The summed E-state index contributed by atoms with van der Waals surface area (Å²) in [5.74, 6) is -0.362. The van der Waals surface area contributed by atoms with Crippen LogP contribution in [0.2, 0.25) is 0 Å².